The van der Waals surface area contributed by atoms with E-state index in [1.807, 2.05) is 42.5 Å². The molecule has 0 bridgehead atoms. The van der Waals surface area contributed by atoms with Crippen LogP contribution in [-0.2, 0) is 35.8 Å². The number of halogens is 1. The maximum Gasteiger partial charge on any atom is 0.338 e. The number of aromatic amines is 1. The average Bonchev–Trinajstić information content (AvgIpc) is 3.29. The van der Waals surface area contributed by atoms with Crippen molar-refractivity contribution in [3.63, 3.8) is 0 Å². The van der Waals surface area contributed by atoms with Crippen molar-refractivity contribution in [2.45, 2.75) is 31.3 Å². The molecular weight excluding hydrogens is 502 g/mol. The molecule has 2 aromatic carbocycles. The van der Waals surface area contributed by atoms with Crippen molar-refractivity contribution in [3.05, 3.63) is 63.8 Å². The number of amides is 1. The summed E-state index contributed by atoms with van der Waals surface area (Å²) in [5, 5.41) is 4.03. The molecule has 3 aromatic rings. The number of rotatable bonds is 4. The Morgan fingerprint density at radius 1 is 1.09 bits per heavy atom. The lowest BCUT2D eigenvalue weighted by atomic mass is 9.74. The fourth-order valence-corrected chi connectivity index (χ4v) is 5.53. The maximum atomic E-state index is 14.1. The highest BCUT2D eigenvalue weighted by molar-refractivity contribution is 9.10. The molecule has 176 valence electrons. The molecule has 0 aliphatic carbocycles. The van der Waals surface area contributed by atoms with Crippen molar-refractivity contribution in [3.8, 4) is 0 Å². The van der Waals surface area contributed by atoms with Crippen LogP contribution in [0.25, 0.3) is 10.9 Å². The number of likely N-dealkylation sites (N-methyl/N-ethyl adjacent to an activating group) is 1. The largest absolute Gasteiger partial charge is 0.464 e. The molecule has 1 atom stereocenters. The molecule has 3 heterocycles. The van der Waals surface area contributed by atoms with Gasteiger partial charge in [0.1, 0.15) is 0 Å². The van der Waals surface area contributed by atoms with Crippen LogP contribution in [0.15, 0.2) is 46.9 Å². The normalized spacial score (nSPS) is 20.4. The van der Waals surface area contributed by atoms with E-state index in [0.717, 1.165) is 15.4 Å². The summed E-state index contributed by atoms with van der Waals surface area (Å²) in [5.41, 5.74) is -0.0360. The van der Waals surface area contributed by atoms with E-state index in [1.54, 1.807) is 20.9 Å². The molecule has 0 unspecified atom stereocenters. The second-order valence-electron chi connectivity index (χ2n) is 8.45. The van der Waals surface area contributed by atoms with Crippen LogP contribution in [0.3, 0.4) is 0 Å². The molecule has 0 radical (unpaired) electrons. The van der Waals surface area contributed by atoms with E-state index in [1.165, 1.54) is 4.90 Å². The molecule has 1 spiro atoms. The van der Waals surface area contributed by atoms with E-state index in [4.69, 9.17) is 9.47 Å². The van der Waals surface area contributed by atoms with Crippen LogP contribution >= 0.6 is 15.9 Å². The van der Waals surface area contributed by atoms with E-state index in [-0.39, 0.29) is 25.5 Å². The van der Waals surface area contributed by atoms with Gasteiger partial charge in [0.25, 0.3) is 5.91 Å². The Morgan fingerprint density at radius 3 is 2.44 bits per heavy atom. The lowest BCUT2D eigenvalue weighted by Crippen LogP contribution is -2.71. The third kappa shape index (κ3) is 2.89. The molecule has 1 amide bonds. The Morgan fingerprint density at radius 2 is 1.76 bits per heavy atom. The van der Waals surface area contributed by atoms with Gasteiger partial charge < -0.3 is 19.4 Å². The van der Waals surface area contributed by atoms with E-state index < -0.39 is 23.0 Å². The maximum absolute atomic E-state index is 14.1. The minimum absolute atomic E-state index is 0.0217. The first kappa shape index (κ1) is 22.6. The molecule has 0 saturated heterocycles. The number of nitrogens with zero attached hydrogens (tertiary/aromatic N) is 1. The zero-order valence-electron chi connectivity index (χ0n) is 19.0. The summed E-state index contributed by atoms with van der Waals surface area (Å²) in [6.45, 7) is 3.50. The van der Waals surface area contributed by atoms with Gasteiger partial charge in [0.2, 0.25) is 5.54 Å². The number of anilines is 1. The highest BCUT2D eigenvalue weighted by Gasteiger charge is 2.65. The number of ether oxygens (including phenoxy) is 2. The number of benzene rings is 2. The summed E-state index contributed by atoms with van der Waals surface area (Å²) in [6, 6.07) is 13.1. The summed E-state index contributed by atoms with van der Waals surface area (Å²) in [5.74, 6) is -1.86. The summed E-state index contributed by atoms with van der Waals surface area (Å²) in [4.78, 5) is 46.0. The molecular formula is C25H24BrN3O5. The monoisotopic (exact) mass is 525 g/mol. The fourth-order valence-electron chi connectivity index (χ4n) is 5.17. The van der Waals surface area contributed by atoms with Crippen LogP contribution in [0.5, 0.6) is 0 Å². The van der Waals surface area contributed by atoms with Crippen molar-refractivity contribution < 1.29 is 23.9 Å². The fraction of sp³-hybridized carbons (Fsp3) is 0.320. The first-order valence-corrected chi connectivity index (χ1v) is 11.9. The zero-order chi connectivity index (χ0) is 24.3. The topological polar surface area (TPSA) is 101 Å². The zero-order valence-corrected chi connectivity index (χ0v) is 20.6. The first-order chi connectivity index (χ1) is 16.3. The second kappa shape index (κ2) is 7.95. The lowest BCUT2D eigenvalue weighted by molar-refractivity contribution is -0.168. The van der Waals surface area contributed by atoms with Crippen molar-refractivity contribution in [2.75, 3.05) is 25.2 Å². The molecule has 5 rings (SSSR count). The van der Waals surface area contributed by atoms with Gasteiger partial charge in [-0.2, -0.15) is 0 Å². The van der Waals surface area contributed by atoms with E-state index >= 15 is 0 Å². The summed E-state index contributed by atoms with van der Waals surface area (Å²) >= 11 is 3.51. The van der Waals surface area contributed by atoms with Gasteiger partial charge in [-0.15, -0.1) is 0 Å². The van der Waals surface area contributed by atoms with Crippen molar-refractivity contribution in [1.82, 2.24) is 10.3 Å². The number of fused-ring (bicyclic) bond motifs is 6. The predicted octanol–water partition coefficient (Wildman–Crippen LogP) is 3.16. The number of carbonyl (C=O) groups is 3. The molecule has 8 nitrogen and oxygen atoms in total. The van der Waals surface area contributed by atoms with Crippen LogP contribution in [0.2, 0.25) is 0 Å². The van der Waals surface area contributed by atoms with Crippen LogP contribution in [0, 0.1) is 0 Å². The Kier molecular flexibility index (Phi) is 5.29. The Hall–Kier alpha value is -3.17. The van der Waals surface area contributed by atoms with Gasteiger partial charge in [-0.3, -0.25) is 10.1 Å². The summed E-state index contributed by atoms with van der Waals surface area (Å²) in [7, 11) is 1.68. The number of para-hydroxylation sites is 1. The number of esters is 2. The van der Waals surface area contributed by atoms with Crippen LogP contribution < -0.4 is 10.2 Å². The minimum Gasteiger partial charge on any atom is -0.464 e. The minimum atomic E-state index is -1.91. The molecule has 1 aromatic heterocycles. The third-order valence-corrected chi connectivity index (χ3v) is 7.12. The number of nitrogens with one attached hydrogen (secondary N) is 2. The van der Waals surface area contributed by atoms with Gasteiger partial charge >= 0.3 is 11.9 Å². The third-order valence-electron chi connectivity index (χ3n) is 6.63. The highest BCUT2D eigenvalue weighted by Crippen LogP contribution is 2.51. The van der Waals surface area contributed by atoms with Crippen LogP contribution in [0.1, 0.15) is 30.7 Å². The number of H-pyrrole nitrogens is 1. The lowest BCUT2D eigenvalue weighted by Gasteiger charge is -2.43. The number of hydrogen-bond donors (Lipinski definition) is 2. The SMILES string of the molecule is CCOC(=O)C1(C(=O)OCC)Cc2c([nH]c3ccccc23)[C@]2(N1)C(=O)N(C)c1ccc(Br)cc12. The Bertz CT molecular complexity index is 1330. The van der Waals surface area contributed by atoms with Gasteiger partial charge in [-0.25, -0.2) is 9.59 Å². The van der Waals surface area contributed by atoms with Crippen molar-refractivity contribution in [1.29, 1.82) is 0 Å². The van der Waals surface area contributed by atoms with Crippen LogP contribution in [-0.4, -0.2) is 48.6 Å². The molecule has 2 N–H and O–H groups in total. The van der Waals surface area contributed by atoms with Crippen molar-refractivity contribution in [2.24, 2.45) is 0 Å². The van der Waals surface area contributed by atoms with Gasteiger partial charge in [0, 0.05) is 40.1 Å². The molecule has 2 aliphatic heterocycles. The van der Waals surface area contributed by atoms with Crippen LogP contribution in [0.4, 0.5) is 5.69 Å². The number of aromatic nitrogens is 1. The molecule has 0 saturated carbocycles. The molecule has 34 heavy (non-hydrogen) atoms. The molecule has 0 fully saturated rings. The molecule has 9 heteroatoms. The first-order valence-electron chi connectivity index (χ1n) is 11.1. The number of carbonyl (C=O) groups excluding carboxylic acids is 3. The smallest absolute Gasteiger partial charge is 0.338 e. The quantitative estimate of drug-likeness (QED) is 0.400. The van der Waals surface area contributed by atoms with E-state index in [0.29, 0.717) is 22.5 Å². The highest BCUT2D eigenvalue weighted by atomic mass is 79.9. The second-order valence-corrected chi connectivity index (χ2v) is 9.36. The predicted molar refractivity (Wildman–Crippen MR) is 129 cm³/mol. The Labute approximate surface area is 204 Å². The Balaban J connectivity index is 1.88. The van der Waals surface area contributed by atoms with E-state index in [2.05, 4.69) is 26.2 Å². The summed E-state index contributed by atoms with van der Waals surface area (Å²) in [6.07, 6.45) is -0.0217. The van der Waals surface area contributed by atoms with Gasteiger partial charge in [0.05, 0.1) is 18.9 Å². The van der Waals surface area contributed by atoms with Gasteiger partial charge in [-0.05, 0) is 43.7 Å². The number of hydrogen-bond acceptors (Lipinski definition) is 6. The summed E-state index contributed by atoms with van der Waals surface area (Å²) < 4.78 is 11.5. The van der Waals surface area contributed by atoms with E-state index in [9.17, 15) is 14.4 Å². The van der Waals surface area contributed by atoms with Crippen molar-refractivity contribution >= 4 is 50.4 Å². The molecule has 2 aliphatic rings. The van der Waals surface area contributed by atoms with Gasteiger partial charge in [-0.1, -0.05) is 34.1 Å². The van der Waals surface area contributed by atoms with Gasteiger partial charge in [0.15, 0.2) is 5.54 Å². The average molecular weight is 526 g/mol. The standard InChI is InChI=1S/C25H24BrN3O5/c1-4-33-22(31)24(23(32)34-5-2)13-16-15-8-6-7-9-18(15)27-20(16)25(28-24)17-12-14(26)10-11-19(17)29(3)21(25)30/h6-12,27-28H,4-5,13H2,1-3H3/t25-/m0/s1.